The molecule has 1 amide bonds. The predicted molar refractivity (Wildman–Crippen MR) is 127 cm³/mol. The highest BCUT2D eigenvalue weighted by atomic mass is 16.5. The fourth-order valence-electron chi connectivity index (χ4n) is 5.05. The van der Waals surface area contributed by atoms with Crippen molar-refractivity contribution in [2.75, 3.05) is 32.6 Å². The summed E-state index contributed by atoms with van der Waals surface area (Å²) >= 11 is 0. The molecule has 0 unspecified atom stereocenters. The second kappa shape index (κ2) is 8.62. The lowest BCUT2D eigenvalue weighted by atomic mass is 9.99. The van der Waals surface area contributed by atoms with Crippen molar-refractivity contribution < 1.29 is 9.53 Å². The van der Waals surface area contributed by atoms with Crippen LogP contribution in [0.5, 0.6) is 5.75 Å². The van der Waals surface area contributed by atoms with E-state index >= 15 is 0 Å². The van der Waals surface area contributed by atoms with Crippen molar-refractivity contribution in [2.45, 2.75) is 52.2 Å². The molecule has 9 heteroatoms. The largest absolute Gasteiger partial charge is 0.495 e. The number of carbonyl (C=O) groups is 1. The first kappa shape index (κ1) is 21.6. The standard InChI is InChI=1S/C24H31N7O2/c1-15-20-12-25-24(26-21-10-18-13-29(3)9-7-17(18)11-22(21)33-4)27-23(20)31(28-15)14-19-6-5-8-30(19)16(2)32/h10-12,19H,5-9,13-14H2,1-4H3,(H,25,26,27)/t19-/m1/s1. The Kier molecular flexibility index (Phi) is 5.65. The monoisotopic (exact) mass is 449 g/mol. The van der Waals surface area contributed by atoms with E-state index in [9.17, 15) is 4.79 Å². The van der Waals surface area contributed by atoms with E-state index in [0.717, 1.165) is 67.1 Å². The van der Waals surface area contributed by atoms with E-state index in [1.54, 1.807) is 14.0 Å². The molecule has 0 spiro atoms. The Labute approximate surface area is 193 Å². The summed E-state index contributed by atoms with van der Waals surface area (Å²) in [7, 11) is 3.82. The molecule has 2 aromatic heterocycles. The smallest absolute Gasteiger partial charge is 0.229 e. The van der Waals surface area contributed by atoms with E-state index in [1.165, 1.54) is 11.1 Å². The number of hydrogen-bond acceptors (Lipinski definition) is 7. The molecule has 2 aliphatic rings. The number of nitrogens with zero attached hydrogens (tertiary/aromatic N) is 6. The van der Waals surface area contributed by atoms with Crippen molar-refractivity contribution in [2.24, 2.45) is 0 Å². The van der Waals surface area contributed by atoms with E-state index < -0.39 is 0 Å². The number of ether oxygens (including phenoxy) is 1. The summed E-state index contributed by atoms with van der Waals surface area (Å²) < 4.78 is 7.58. The molecule has 5 rings (SSSR count). The van der Waals surface area contributed by atoms with Crippen LogP contribution >= 0.6 is 0 Å². The summed E-state index contributed by atoms with van der Waals surface area (Å²) in [6.45, 7) is 7.01. The average molecular weight is 450 g/mol. The molecule has 2 aliphatic heterocycles. The van der Waals surface area contributed by atoms with Gasteiger partial charge in [0.1, 0.15) is 5.75 Å². The number of rotatable bonds is 5. The number of nitrogens with one attached hydrogen (secondary N) is 1. The summed E-state index contributed by atoms with van der Waals surface area (Å²) in [6, 6.07) is 4.41. The van der Waals surface area contributed by atoms with Gasteiger partial charge in [-0.25, -0.2) is 9.67 Å². The molecule has 0 bridgehead atoms. The summed E-state index contributed by atoms with van der Waals surface area (Å²) in [6.07, 6.45) is 4.84. The average Bonchev–Trinajstić information content (AvgIpc) is 3.38. The van der Waals surface area contributed by atoms with Gasteiger partial charge >= 0.3 is 0 Å². The van der Waals surface area contributed by atoms with Crippen LogP contribution in [-0.2, 0) is 24.3 Å². The van der Waals surface area contributed by atoms with Crippen LogP contribution in [0.1, 0.15) is 36.6 Å². The quantitative estimate of drug-likeness (QED) is 0.641. The molecule has 0 aliphatic carbocycles. The van der Waals surface area contributed by atoms with Gasteiger partial charge in [0.25, 0.3) is 0 Å². The number of aryl methyl sites for hydroxylation is 1. The topological polar surface area (TPSA) is 88.4 Å². The fourth-order valence-corrected chi connectivity index (χ4v) is 5.05. The van der Waals surface area contributed by atoms with Crippen molar-refractivity contribution in [1.29, 1.82) is 0 Å². The van der Waals surface area contributed by atoms with Gasteiger partial charge in [-0.3, -0.25) is 4.79 Å². The second-order valence-corrected chi connectivity index (χ2v) is 9.14. The van der Waals surface area contributed by atoms with Crippen molar-refractivity contribution in [3.63, 3.8) is 0 Å². The zero-order valence-electron chi connectivity index (χ0n) is 19.8. The number of amides is 1. The van der Waals surface area contributed by atoms with Crippen molar-refractivity contribution >= 4 is 28.6 Å². The van der Waals surface area contributed by atoms with E-state index in [1.807, 2.05) is 22.7 Å². The molecular formula is C24H31N7O2. The van der Waals surface area contributed by atoms with Gasteiger partial charge in [-0.05, 0) is 56.5 Å². The molecular weight excluding hydrogens is 418 g/mol. The highest BCUT2D eigenvalue weighted by molar-refractivity contribution is 5.79. The summed E-state index contributed by atoms with van der Waals surface area (Å²) in [5.74, 6) is 1.41. The van der Waals surface area contributed by atoms with Gasteiger partial charge in [0.2, 0.25) is 11.9 Å². The number of methoxy groups -OCH3 is 1. The zero-order chi connectivity index (χ0) is 23.1. The first-order valence-corrected chi connectivity index (χ1v) is 11.6. The molecule has 1 fully saturated rings. The number of fused-ring (bicyclic) bond motifs is 2. The molecule has 0 saturated carbocycles. The van der Waals surface area contributed by atoms with Crippen LogP contribution in [0.4, 0.5) is 11.6 Å². The molecule has 1 aromatic carbocycles. The minimum Gasteiger partial charge on any atom is -0.495 e. The molecule has 1 N–H and O–H groups in total. The minimum atomic E-state index is 0.118. The second-order valence-electron chi connectivity index (χ2n) is 9.14. The van der Waals surface area contributed by atoms with Gasteiger partial charge < -0.3 is 19.9 Å². The Hall–Kier alpha value is -3.20. The van der Waals surface area contributed by atoms with Gasteiger partial charge in [-0.15, -0.1) is 0 Å². The molecule has 0 radical (unpaired) electrons. The van der Waals surface area contributed by atoms with Crippen LogP contribution in [0, 0.1) is 6.92 Å². The van der Waals surface area contributed by atoms with Crippen molar-refractivity contribution in [1.82, 2.24) is 29.5 Å². The molecule has 33 heavy (non-hydrogen) atoms. The third-order valence-corrected chi connectivity index (χ3v) is 6.81. The Bertz CT molecular complexity index is 1210. The molecule has 1 atom stereocenters. The molecule has 4 heterocycles. The number of likely N-dealkylation sites (N-methyl/N-ethyl adjacent to an activating group) is 1. The lowest BCUT2D eigenvalue weighted by Crippen LogP contribution is -2.36. The third kappa shape index (κ3) is 4.13. The Balaban J connectivity index is 1.46. The number of benzene rings is 1. The van der Waals surface area contributed by atoms with Gasteiger partial charge in [-0.1, -0.05) is 0 Å². The van der Waals surface area contributed by atoms with Crippen LogP contribution in [-0.4, -0.2) is 68.7 Å². The summed E-state index contributed by atoms with van der Waals surface area (Å²) in [5.41, 5.74) is 5.13. The molecule has 3 aromatic rings. The van der Waals surface area contributed by atoms with Crippen LogP contribution in [0.2, 0.25) is 0 Å². The SMILES string of the molecule is COc1cc2c(cc1Nc1ncc3c(C)nn(C[C@H]4CCCN4C(C)=O)c3n1)CN(C)CC2. The molecule has 1 saturated heterocycles. The maximum Gasteiger partial charge on any atom is 0.229 e. The molecule has 174 valence electrons. The Morgan fingerprint density at radius 1 is 1.27 bits per heavy atom. The third-order valence-electron chi connectivity index (χ3n) is 6.81. The van der Waals surface area contributed by atoms with E-state index in [2.05, 4.69) is 34.4 Å². The zero-order valence-corrected chi connectivity index (χ0v) is 19.8. The lowest BCUT2D eigenvalue weighted by Gasteiger charge is -2.26. The number of likely N-dealkylation sites (tertiary alicyclic amines) is 1. The predicted octanol–water partition coefficient (Wildman–Crippen LogP) is 2.89. The van der Waals surface area contributed by atoms with Crippen LogP contribution in [0.25, 0.3) is 11.0 Å². The Morgan fingerprint density at radius 2 is 2.12 bits per heavy atom. The minimum absolute atomic E-state index is 0.118. The Morgan fingerprint density at radius 3 is 2.91 bits per heavy atom. The van der Waals surface area contributed by atoms with Gasteiger partial charge in [-0.2, -0.15) is 10.1 Å². The number of hydrogen-bond donors (Lipinski definition) is 1. The number of anilines is 2. The maximum atomic E-state index is 12.0. The summed E-state index contributed by atoms with van der Waals surface area (Å²) in [5, 5.41) is 9.00. The highest BCUT2D eigenvalue weighted by Gasteiger charge is 2.28. The first-order chi connectivity index (χ1) is 15.9. The van der Waals surface area contributed by atoms with Crippen LogP contribution < -0.4 is 10.1 Å². The van der Waals surface area contributed by atoms with Crippen molar-refractivity contribution in [3.8, 4) is 5.75 Å². The van der Waals surface area contributed by atoms with E-state index in [4.69, 9.17) is 14.8 Å². The van der Waals surface area contributed by atoms with Crippen LogP contribution in [0.3, 0.4) is 0 Å². The van der Waals surface area contributed by atoms with Crippen molar-refractivity contribution in [3.05, 3.63) is 35.2 Å². The van der Waals surface area contributed by atoms with Gasteiger partial charge in [0, 0.05) is 32.8 Å². The maximum absolute atomic E-state index is 12.0. The van der Waals surface area contributed by atoms with E-state index in [0.29, 0.717) is 12.5 Å². The lowest BCUT2D eigenvalue weighted by molar-refractivity contribution is -0.129. The molecule has 9 nitrogen and oxygen atoms in total. The summed E-state index contributed by atoms with van der Waals surface area (Å²) in [4.78, 5) is 25.6. The van der Waals surface area contributed by atoms with Gasteiger partial charge in [0.05, 0.1) is 36.5 Å². The first-order valence-electron chi connectivity index (χ1n) is 11.6. The van der Waals surface area contributed by atoms with E-state index in [-0.39, 0.29) is 11.9 Å². The normalized spacial score (nSPS) is 18.5. The van der Waals surface area contributed by atoms with Gasteiger partial charge in [0.15, 0.2) is 5.65 Å². The number of carbonyl (C=O) groups excluding carboxylic acids is 1. The highest BCUT2D eigenvalue weighted by Crippen LogP contribution is 2.33. The van der Waals surface area contributed by atoms with Crippen LogP contribution in [0.15, 0.2) is 18.3 Å². The fraction of sp³-hybridized carbons (Fsp3) is 0.500. The number of aromatic nitrogens is 4.